The molecule has 0 bridgehead atoms. The molecule has 0 atom stereocenters. The fourth-order valence-corrected chi connectivity index (χ4v) is 3.15. The van der Waals surface area contributed by atoms with Gasteiger partial charge in [0.05, 0.1) is 11.4 Å². The highest BCUT2D eigenvalue weighted by Crippen LogP contribution is 2.39. The minimum Gasteiger partial charge on any atom is -0.484 e. The van der Waals surface area contributed by atoms with Crippen LogP contribution in [0.2, 0.25) is 0 Å². The van der Waals surface area contributed by atoms with Crippen molar-refractivity contribution in [3.8, 4) is 5.75 Å². The van der Waals surface area contributed by atoms with Gasteiger partial charge < -0.3 is 14.5 Å². The molecule has 1 amide bonds. The fourth-order valence-electron chi connectivity index (χ4n) is 3.15. The molecule has 1 fully saturated rings. The normalized spacial score (nSPS) is 16.9. The van der Waals surface area contributed by atoms with Crippen LogP contribution in [0.5, 0.6) is 5.75 Å². The van der Waals surface area contributed by atoms with Gasteiger partial charge in [-0.25, -0.2) is 0 Å². The first-order valence-corrected chi connectivity index (χ1v) is 8.17. The number of ether oxygens (including phenoxy) is 1. The molecule has 118 valence electrons. The lowest BCUT2D eigenvalue weighted by Gasteiger charge is -2.37. The van der Waals surface area contributed by atoms with Crippen LogP contribution in [0.4, 0.5) is 11.4 Å². The number of hydrogen-bond donors (Lipinski definition) is 0. The van der Waals surface area contributed by atoms with E-state index in [1.807, 2.05) is 53.4 Å². The Morgan fingerprint density at radius 3 is 2.39 bits per heavy atom. The van der Waals surface area contributed by atoms with Crippen molar-refractivity contribution in [1.29, 1.82) is 0 Å². The number of hydrogen-bond acceptors (Lipinski definition) is 3. The average Bonchev–Trinajstić information content (AvgIpc) is 3.44. The second-order valence-electron chi connectivity index (χ2n) is 6.06. The van der Waals surface area contributed by atoms with Gasteiger partial charge in [0.1, 0.15) is 5.75 Å². The zero-order chi connectivity index (χ0) is 15.6. The van der Waals surface area contributed by atoms with Crippen molar-refractivity contribution in [3.05, 3.63) is 54.6 Å². The SMILES string of the molecule is O=C(COc1ccccc1)N1CCN(C2CC2)c2ccccc21. The van der Waals surface area contributed by atoms with Crippen molar-refractivity contribution in [3.63, 3.8) is 0 Å². The number of fused-ring (bicyclic) bond motifs is 1. The Balaban J connectivity index is 1.50. The Kier molecular flexibility index (Phi) is 3.66. The summed E-state index contributed by atoms with van der Waals surface area (Å²) in [6.45, 7) is 1.70. The van der Waals surface area contributed by atoms with Crippen LogP contribution >= 0.6 is 0 Å². The van der Waals surface area contributed by atoms with E-state index >= 15 is 0 Å². The molecule has 0 saturated heterocycles. The Morgan fingerprint density at radius 2 is 1.65 bits per heavy atom. The molecule has 1 heterocycles. The van der Waals surface area contributed by atoms with Gasteiger partial charge in [0.25, 0.3) is 5.91 Å². The zero-order valence-corrected chi connectivity index (χ0v) is 13.0. The van der Waals surface area contributed by atoms with E-state index in [1.54, 1.807) is 0 Å². The molecule has 1 aliphatic carbocycles. The quantitative estimate of drug-likeness (QED) is 0.870. The summed E-state index contributed by atoms with van der Waals surface area (Å²) < 4.78 is 5.62. The maximum absolute atomic E-state index is 12.6. The summed E-state index contributed by atoms with van der Waals surface area (Å²) in [5.41, 5.74) is 2.18. The van der Waals surface area contributed by atoms with Crippen LogP contribution in [0.25, 0.3) is 0 Å². The molecule has 23 heavy (non-hydrogen) atoms. The van der Waals surface area contributed by atoms with Crippen molar-refractivity contribution in [2.75, 3.05) is 29.5 Å². The van der Waals surface area contributed by atoms with Gasteiger partial charge in [-0.2, -0.15) is 0 Å². The molecule has 4 heteroatoms. The van der Waals surface area contributed by atoms with E-state index in [2.05, 4.69) is 11.0 Å². The van der Waals surface area contributed by atoms with Crippen molar-refractivity contribution >= 4 is 17.3 Å². The second kappa shape index (κ2) is 5.95. The minimum absolute atomic E-state index is 0.0109. The third-order valence-corrected chi connectivity index (χ3v) is 4.44. The van der Waals surface area contributed by atoms with E-state index in [0.29, 0.717) is 6.04 Å². The Hall–Kier alpha value is -2.49. The number of para-hydroxylation sites is 3. The van der Waals surface area contributed by atoms with Gasteiger partial charge in [0.15, 0.2) is 6.61 Å². The molecule has 0 spiro atoms. The molecule has 0 aromatic heterocycles. The largest absolute Gasteiger partial charge is 0.484 e. The van der Waals surface area contributed by atoms with Crippen LogP contribution in [-0.4, -0.2) is 31.6 Å². The van der Waals surface area contributed by atoms with E-state index in [-0.39, 0.29) is 12.5 Å². The van der Waals surface area contributed by atoms with Crippen LogP contribution in [-0.2, 0) is 4.79 Å². The summed E-state index contributed by atoms with van der Waals surface area (Å²) in [5.74, 6) is 0.738. The van der Waals surface area contributed by atoms with Crippen LogP contribution in [0.3, 0.4) is 0 Å². The van der Waals surface area contributed by atoms with Gasteiger partial charge in [-0.1, -0.05) is 30.3 Å². The molecule has 0 unspecified atom stereocenters. The predicted octanol–water partition coefficient (Wildman–Crippen LogP) is 3.08. The van der Waals surface area contributed by atoms with E-state index < -0.39 is 0 Å². The number of nitrogens with zero attached hydrogens (tertiary/aromatic N) is 2. The topological polar surface area (TPSA) is 32.8 Å². The van der Waals surface area contributed by atoms with Crippen molar-refractivity contribution in [2.45, 2.75) is 18.9 Å². The molecule has 4 nitrogen and oxygen atoms in total. The molecule has 4 rings (SSSR count). The molecular formula is C19H20N2O2. The Labute approximate surface area is 136 Å². The summed E-state index contributed by atoms with van der Waals surface area (Å²) >= 11 is 0. The first kappa shape index (κ1) is 14.1. The summed E-state index contributed by atoms with van der Waals surface area (Å²) in [4.78, 5) is 16.9. The summed E-state index contributed by atoms with van der Waals surface area (Å²) in [6, 6.07) is 18.3. The molecule has 2 aliphatic rings. The first-order valence-electron chi connectivity index (χ1n) is 8.17. The van der Waals surface area contributed by atoms with Crippen LogP contribution in [0.1, 0.15) is 12.8 Å². The van der Waals surface area contributed by atoms with Crippen molar-refractivity contribution < 1.29 is 9.53 Å². The highest BCUT2D eigenvalue weighted by atomic mass is 16.5. The molecule has 0 N–H and O–H groups in total. The van der Waals surface area contributed by atoms with Gasteiger partial charge in [0, 0.05) is 19.1 Å². The molecule has 2 aromatic carbocycles. The van der Waals surface area contributed by atoms with E-state index in [9.17, 15) is 4.79 Å². The lowest BCUT2D eigenvalue weighted by Crippen LogP contribution is -2.46. The smallest absolute Gasteiger partial charge is 0.265 e. The highest BCUT2D eigenvalue weighted by Gasteiger charge is 2.35. The summed E-state index contributed by atoms with van der Waals surface area (Å²) in [6.07, 6.45) is 2.53. The van der Waals surface area contributed by atoms with Gasteiger partial charge in [-0.15, -0.1) is 0 Å². The summed E-state index contributed by atoms with van der Waals surface area (Å²) in [7, 11) is 0. The highest BCUT2D eigenvalue weighted by molar-refractivity contribution is 5.98. The van der Waals surface area contributed by atoms with Crippen LogP contribution in [0.15, 0.2) is 54.6 Å². The van der Waals surface area contributed by atoms with Crippen molar-refractivity contribution in [1.82, 2.24) is 0 Å². The number of benzene rings is 2. The number of carbonyl (C=O) groups is 1. The third-order valence-electron chi connectivity index (χ3n) is 4.44. The van der Waals surface area contributed by atoms with Gasteiger partial charge >= 0.3 is 0 Å². The predicted molar refractivity (Wildman–Crippen MR) is 91.1 cm³/mol. The van der Waals surface area contributed by atoms with Crippen LogP contribution < -0.4 is 14.5 Å². The number of carbonyl (C=O) groups excluding carboxylic acids is 1. The minimum atomic E-state index is 0.0109. The maximum Gasteiger partial charge on any atom is 0.265 e. The Morgan fingerprint density at radius 1 is 0.957 bits per heavy atom. The maximum atomic E-state index is 12.6. The lowest BCUT2D eigenvalue weighted by atomic mass is 10.1. The monoisotopic (exact) mass is 308 g/mol. The van der Waals surface area contributed by atoms with Gasteiger partial charge in [-0.05, 0) is 37.1 Å². The van der Waals surface area contributed by atoms with Crippen molar-refractivity contribution in [2.24, 2.45) is 0 Å². The van der Waals surface area contributed by atoms with E-state index in [0.717, 1.165) is 24.5 Å². The van der Waals surface area contributed by atoms with E-state index in [4.69, 9.17) is 4.74 Å². The lowest BCUT2D eigenvalue weighted by molar-refractivity contribution is -0.120. The third kappa shape index (κ3) is 2.89. The molecule has 1 saturated carbocycles. The van der Waals surface area contributed by atoms with Crippen LogP contribution in [0, 0.1) is 0 Å². The Bertz CT molecular complexity index is 698. The number of amides is 1. The molecule has 1 aliphatic heterocycles. The molecule has 0 radical (unpaired) electrons. The number of anilines is 2. The van der Waals surface area contributed by atoms with Gasteiger partial charge in [-0.3, -0.25) is 4.79 Å². The molecule has 2 aromatic rings. The second-order valence-corrected chi connectivity index (χ2v) is 6.06. The number of rotatable bonds is 4. The molecular weight excluding hydrogens is 288 g/mol. The standard InChI is InChI=1S/C19H20N2O2/c22-19(14-23-16-6-2-1-3-7-16)21-13-12-20(15-10-11-15)17-8-4-5-9-18(17)21/h1-9,15H,10-14H2. The average molecular weight is 308 g/mol. The fraction of sp³-hybridized carbons (Fsp3) is 0.316. The summed E-state index contributed by atoms with van der Waals surface area (Å²) in [5, 5.41) is 0. The van der Waals surface area contributed by atoms with Gasteiger partial charge in [0.2, 0.25) is 0 Å². The van der Waals surface area contributed by atoms with E-state index in [1.165, 1.54) is 18.5 Å². The first-order chi connectivity index (χ1) is 11.3. The zero-order valence-electron chi connectivity index (χ0n) is 13.0.